The average Bonchev–Trinajstić information content (AvgIpc) is 2.74. The van der Waals surface area contributed by atoms with E-state index in [4.69, 9.17) is 0 Å². The van der Waals surface area contributed by atoms with E-state index in [1.165, 1.54) is 11.8 Å². The standard InChI is InChI=1S/C13H17N3OS/c1-3-14-12(17)9-18-13-15-10-7-5-6-8-11(10)16(13)4-2/h5-8H,3-4,9H2,1-2H3,(H,14,17). The first kappa shape index (κ1) is 13.0. The first-order valence-electron chi connectivity index (χ1n) is 6.11. The second-order valence-corrected chi connectivity index (χ2v) is 4.81. The van der Waals surface area contributed by atoms with Crippen molar-refractivity contribution in [1.29, 1.82) is 0 Å². The normalized spacial score (nSPS) is 10.8. The molecule has 5 heteroatoms. The largest absolute Gasteiger partial charge is 0.356 e. The summed E-state index contributed by atoms with van der Waals surface area (Å²) in [7, 11) is 0. The van der Waals surface area contributed by atoms with Crippen LogP contribution in [-0.4, -0.2) is 27.8 Å². The number of para-hydroxylation sites is 2. The molecule has 4 nitrogen and oxygen atoms in total. The summed E-state index contributed by atoms with van der Waals surface area (Å²) in [6.07, 6.45) is 0. The van der Waals surface area contributed by atoms with Crippen LogP contribution >= 0.6 is 11.8 Å². The minimum Gasteiger partial charge on any atom is -0.356 e. The SMILES string of the molecule is CCNC(=O)CSc1nc2ccccc2n1CC. The molecule has 0 saturated heterocycles. The average molecular weight is 263 g/mol. The van der Waals surface area contributed by atoms with E-state index in [1.54, 1.807) is 0 Å². The van der Waals surface area contributed by atoms with Gasteiger partial charge < -0.3 is 9.88 Å². The van der Waals surface area contributed by atoms with Crippen molar-refractivity contribution < 1.29 is 4.79 Å². The molecule has 0 aliphatic carbocycles. The number of nitrogens with one attached hydrogen (secondary N) is 1. The number of rotatable bonds is 5. The first-order valence-corrected chi connectivity index (χ1v) is 7.09. The van der Waals surface area contributed by atoms with Crippen molar-refractivity contribution in [3.63, 3.8) is 0 Å². The van der Waals surface area contributed by atoms with Gasteiger partial charge >= 0.3 is 0 Å². The molecule has 1 amide bonds. The molecule has 2 aromatic rings. The highest BCUT2D eigenvalue weighted by molar-refractivity contribution is 7.99. The number of hydrogen-bond donors (Lipinski definition) is 1. The minimum atomic E-state index is 0.0530. The maximum Gasteiger partial charge on any atom is 0.230 e. The van der Waals surface area contributed by atoms with Crippen LogP contribution in [0.5, 0.6) is 0 Å². The summed E-state index contributed by atoms with van der Waals surface area (Å²) in [5.74, 6) is 0.467. The van der Waals surface area contributed by atoms with Gasteiger partial charge in [0.25, 0.3) is 0 Å². The van der Waals surface area contributed by atoms with Gasteiger partial charge in [-0.2, -0.15) is 0 Å². The molecule has 1 N–H and O–H groups in total. The lowest BCUT2D eigenvalue weighted by atomic mass is 10.3. The predicted molar refractivity (Wildman–Crippen MR) is 74.8 cm³/mol. The number of carbonyl (C=O) groups excluding carboxylic acids is 1. The smallest absolute Gasteiger partial charge is 0.230 e. The van der Waals surface area contributed by atoms with Gasteiger partial charge in [0.05, 0.1) is 16.8 Å². The van der Waals surface area contributed by atoms with Crippen LogP contribution < -0.4 is 5.32 Å². The zero-order valence-electron chi connectivity index (χ0n) is 10.6. The quantitative estimate of drug-likeness (QED) is 0.842. The van der Waals surface area contributed by atoms with Crippen molar-refractivity contribution in [2.24, 2.45) is 0 Å². The van der Waals surface area contributed by atoms with Crippen LogP contribution in [-0.2, 0) is 11.3 Å². The molecule has 96 valence electrons. The summed E-state index contributed by atoms with van der Waals surface area (Å²) in [6.45, 7) is 5.54. The number of nitrogens with zero attached hydrogens (tertiary/aromatic N) is 2. The number of fused-ring (bicyclic) bond motifs is 1. The van der Waals surface area contributed by atoms with Gasteiger partial charge in [-0.25, -0.2) is 4.98 Å². The van der Waals surface area contributed by atoms with E-state index in [0.717, 1.165) is 22.7 Å². The van der Waals surface area contributed by atoms with E-state index in [2.05, 4.69) is 27.9 Å². The van der Waals surface area contributed by atoms with Gasteiger partial charge in [-0.1, -0.05) is 23.9 Å². The molecule has 0 aliphatic heterocycles. The lowest BCUT2D eigenvalue weighted by molar-refractivity contribution is -0.118. The summed E-state index contributed by atoms with van der Waals surface area (Å²) in [5, 5.41) is 3.70. The number of amides is 1. The van der Waals surface area contributed by atoms with Gasteiger partial charge in [-0.05, 0) is 26.0 Å². The van der Waals surface area contributed by atoms with Crippen molar-refractivity contribution in [3.05, 3.63) is 24.3 Å². The summed E-state index contributed by atoms with van der Waals surface area (Å²) in [4.78, 5) is 16.0. The van der Waals surface area contributed by atoms with E-state index < -0.39 is 0 Å². The number of aryl methyl sites for hydroxylation is 1. The Morgan fingerprint density at radius 1 is 1.39 bits per heavy atom. The Hall–Kier alpha value is -1.49. The van der Waals surface area contributed by atoms with Crippen LogP contribution in [0.15, 0.2) is 29.4 Å². The molecule has 1 aromatic heterocycles. The Morgan fingerprint density at radius 3 is 2.89 bits per heavy atom. The van der Waals surface area contributed by atoms with Crippen LogP contribution in [0.25, 0.3) is 11.0 Å². The Balaban J connectivity index is 2.19. The van der Waals surface area contributed by atoms with Crippen molar-refractivity contribution in [2.75, 3.05) is 12.3 Å². The molecule has 0 spiro atoms. The molecule has 0 bridgehead atoms. The Kier molecular flexibility index (Phi) is 4.25. The van der Waals surface area contributed by atoms with E-state index in [0.29, 0.717) is 12.3 Å². The molecule has 1 heterocycles. The van der Waals surface area contributed by atoms with Crippen LogP contribution in [0.3, 0.4) is 0 Å². The van der Waals surface area contributed by atoms with Crippen LogP contribution in [0.2, 0.25) is 0 Å². The highest BCUT2D eigenvalue weighted by atomic mass is 32.2. The fraction of sp³-hybridized carbons (Fsp3) is 0.385. The summed E-state index contributed by atoms with van der Waals surface area (Å²) >= 11 is 1.49. The van der Waals surface area contributed by atoms with Crippen LogP contribution in [0, 0.1) is 0 Å². The van der Waals surface area contributed by atoms with Crippen LogP contribution in [0.1, 0.15) is 13.8 Å². The van der Waals surface area contributed by atoms with E-state index in [1.807, 2.05) is 25.1 Å². The molecule has 0 aliphatic rings. The van der Waals surface area contributed by atoms with E-state index in [9.17, 15) is 4.79 Å². The molecule has 2 rings (SSSR count). The van der Waals surface area contributed by atoms with Crippen molar-refractivity contribution in [3.8, 4) is 0 Å². The zero-order chi connectivity index (χ0) is 13.0. The minimum absolute atomic E-state index is 0.0530. The molecule has 0 unspecified atom stereocenters. The molecule has 0 radical (unpaired) electrons. The third-order valence-electron chi connectivity index (χ3n) is 2.64. The molecule has 0 saturated carbocycles. The molecular weight excluding hydrogens is 246 g/mol. The van der Waals surface area contributed by atoms with Crippen molar-refractivity contribution >= 4 is 28.7 Å². The number of benzene rings is 1. The lowest BCUT2D eigenvalue weighted by Crippen LogP contribution is -2.24. The Labute approximate surface area is 111 Å². The zero-order valence-corrected chi connectivity index (χ0v) is 11.5. The van der Waals surface area contributed by atoms with Crippen molar-refractivity contribution in [2.45, 2.75) is 25.5 Å². The predicted octanol–water partition coefficient (Wildman–Crippen LogP) is 2.28. The topological polar surface area (TPSA) is 46.9 Å². The maximum absolute atomic E-state index is 11.5. The number of imidazole rings is 1. The first-order chi connectivity index (χ1) is 8.76. The van der Waals surface area contributed by atoms with Gasteiger partial charge in [-0.3, -0.25) is 4.79 Å². The Bertz CT molecular complexity index is 550. The number of aromatic nitrogens is 2. The highest BCUT2D eigenvalue weighted by Crippen LogP contribution is 2.23. The number of hydrogen-bond acceptors (Lipinski definition) is 3. The van der Waals surface area contributed by atoms with Crippen LogP contribution in [0.4, 0.5) is 0 Å². The van der Waals surface area contributed by atoms with E-state index in [-0.39, 0.29) is 5.91 Å². The summed E-state index contributed by atoms with van der Waals surface area (Å²) in [5.41, 5.74) is 2.11. The monoisotopic (exact) mass is 263 g/mol. The summed E-state index contributed by atoms with van der Waals surface area (Å²) in [6, 6.07) is 8.04. The molecule has 0 atom stereocenters. The summed E-state index contributed by atoms with van der Waals surface area (Å²) < 4.78 is 2.14. The molecule has 0 fully saturated rings. The second-order valence-electron chi connectivity index (χ2n) is 3.87. The fourth-order valence-electron chi connectivity index (χ4n) is 1.85. The second kappa shape index (κ2) is 5.91. The number of thioether (sulfide) groups is 1. The molecule has 18 heavy (non-hydrogen) atoms. The lowest BCUT2D eigenvalue weighted by Gasteiger charge is -2.05. The van der Waals surface area contributed by atoms with Gasteiger partial charge in [-0.15, -0.1) is 0 Å². The molecular formula is C13H17N3OS. The third-order valence-corrected chi connectivity index (χ3v) is 3.62. The third kappa shape index (κ3) is 2.67. The van der Waals surface area contributed by atoms with Gasteiger partial charge in [0.1, 0.15) is 0 Å². The van der Waals surface area contributed by atoms with Gasteiger partial charge in [0, 0.05) is 13.1 Å². The van der Waals surface area contributed by atoms with Crippen molar-refractivity contribution in [1.82, 2.24) is 14.9 Å². The van der Waals surface area contributed by atoms with Gasteiger partial charge in [0.15, 0.2) is 5.16 Å². The maximum atomic E-state index is 11.5. The fourth-order valence-corrected chi connectivity index (χ4v) is 2.76. The number of carbonyl (C=O) groups is 1. The Morgan fingerprint density at radius 2 is 2.17 bits per heavy atom. The highest BCUT2D eigenvalue weighted by Gasteiger charge is 2.10. The van der Waals surface area contributed by atoms with E-state index >= 15 is 0 Å². The van der Waals surface area contributed by atoms with Gasteiger partial charge in [0.2, 0.25) is 5.91 Å². The molecule has 1 aromatic carbocycles.